The van der Waals surface area contributed by atoms with E-state index in [1.165, 1.54) is 14.1 Å². The molecule has 0 bridgehead atoms. The second-order valence-electron chi connectivity index (χ2n) is 7.25. The van der Waals surface area contributed by atoms with Gasteiger partial charge in [0.25, 0.3) is 0 Å². The highest BCUT2D eigenvalue weighted by molar-refractivity contribution is 6.20. The third-order valence-corrected chi connectivity index (χ3v) is 5.90. The van der Waals surface area contributed by atoms with Crippen molar-refractivity contribution < 1.29 is 14.4 Å². The largest absolute Gasteiger partial charge is 0.399 e. The molecule has 25 heavy (non-hydrogen) atoms. The monoisotopic (exact) mass is 342 g/mol. The predicted octanol–water partition coefficient (Wildman–Crippen LogP) is 1.22. The summed E-state index contributed by atoms with van der Waals surface area (Å²) in [5.41, 5.74) is 7.26. The summed E-state index contributed by atoms with van der Waals surface area (Å²) >= 11 is 0. The van der Waals surface area contributed by atoms with Crippen LogP contribution in [0.1, 0.15) is 24.8 Å². The van der Waals surface area contributed by atoms with Crippen molar-refractivity contribution in [3.63, 3.8) is 0 Å². The Hall–Kier alpha value is -2.57. The summed E-state index contributed by atoms with van der Waals surface area (Å²) in [4.78, 5) is 43.0. The maximum Gasteiger partial charge on any atom is 0.332 e. The van der Waals surface area contributed by atoms with Crippen LogP contribution in [-0.4, -0.2) is 54.3 Å². The van der Waals surface area contributed by atoms with E-state index in [9.17, 15) is 14.4 Å². The van der Waals surface area contributed by atoms with Gasteiger partial charge in [-0.05, 0) is 49.4 Å². The highest BCUT2D eigenvalue weighted by Crippen LogP contribution is 2.48. The Kier molecular flexibility index (Phi) is 3.32. The van der Waals surface area contributed by atoms with Crippen LogP contribution in [0.5, 0.6) is 0 Å². The minimum absolute atomic E-state index is 0.227. The van der Waals surface area contributed by atoms with Crippen molar-refractivity contribution in [3.05, 3.63) is 23.8 Å². The van der Waals surface area contributed by atoms with Gasteiger partial charge in [0.2, 0.25) is 11.8 Å². The molecule has 0 radical (unpaired) electrons. The van der Waals surface area contributed by atoms with Crippen molar-refractivity contribution in [1.29, 1.82) is 0 Å². The third-order valence-electron chi connectivity index (χ3n) is 5.90. The van der Waals surface area contributed by atoms with Crippen molar-refractivity contribution in [2.75, 3.05) is 31.3 Å². The predicted molar refractivity (Wildman–Crippen MR) is 92.9 cm³/mol. The van der Waals surface area contributed by atoms with Crippen molar-refractivity contribution in [2.45, 2.75) is 31.7 Å². The fraction of sp³-hybridized carbons (Fsp3) is 0.500. The van der Waals surface area contributed by atoms with Gasteiger partial charge >= 0.3 is 6.03 Å². The molecule has 132 valence electrons. The van der Waals surface area contributed by atoms with E-state index in [4.69, 9.17) is 5.73 Å². The summed E-state index contributed by atoms with van der Waals surface area (Å²) in [6.07, 6.45) is 3.03. The fourth-order valence-corrected chi connectivity index (χ4v) is 4.70. The van der Waals surface area contributed by atoms with E-state index in [1.54, 1.807) is 0 Å². The summed E-state index contributed by atoms with van der Waals surface area (Å²) in [5, 5.41) is 0. The van der Waals surface area contributed by atoms with Crippen LogP contribution < -0.4 is 10.6 Å². The summed E-state index contributed by atoms with van der Waals surface area (Å²) in [5.74, 6) is -0.795. The lowest BCUT2D eigenvalue weighted by Crippen LogP contribution is -2.72. The average molecular weight is 342 g/mol. The first kappa shape index (κ1) is 15.9. The lowest BCUT2D eigenvalue weighted by atomic mass is 9.66. The Morgan fingerprint density at radius 2 is 1.76 bits per heavy atom. The number of amides is 4. The maximum absolute atomic E-state index is 13.2. The summed E-state index contributed by atoms with van der Waals surface area (Å²) in [6, 6.07) is 4.89. The number of anilines is 2. The Balaban J connectivity index is 1.92. The van der Waals surface area contributed by atoms with Crippen LogP contribution in [0, 0.1) is 5.41 Å². The molecule has 2 fully saturated rings. The molecule has 0 aromatic heterocycles. The number of rotatable bonds is 0. The maximum atomic E-state index is 13.2. The van der Waals surface area contributed by atoms with Crippen molar-refractivity contribution in [2.24, 2.45) is 5.41 Å². The topological polar surface area (TPSA) is 86.9 Å². The molecule has 7 heteroatoms. The van der Waals surface area contributed by atoms with E-state index in [-0.39, 0.29) is 12.5 Å². The van der Waals surface area contributed by atoms with Gasteiger partial charge in [0.15, 0.2) is 5.41 Å². The molecular weight excluding hydrogens is 320 g/mol. The molecule has 3 aliphatic heterocycles. The van der Waals surface area contributed by atoms with Gasteiger partial charge in [0.1, 0.15) is 0 Å². The summed E-state index contributed by atoms with van der Waals surface area (Å²) in [6.45, 7) is 0.797. The first-order chi connectivity index (χ1) is 11.9. The molecule has 1 aromatic rings. The van der Waals surface area contributed by atoms with Gasteiger partial charge in [0.05, 0.1) is 6.04 Å². The number of benzene rings is 1. The quantitative estimate of drug-likeness (QED) is 0.566. The number of nitrogens with zero attached hydrogens (tertiary/aromatic N) is 3. The second kappa shape index (κ2) is 5.21. The van der Waals surface area contributed by atoms with E-state index >= 15 is 0 Å². The average Bonchev–Trinajstić information content (AvgIpc) is 2.63. The molecule has 1 atom stereocenters. The molecule has 0 aliphatic carbocycles. The molecule has 0 unspecified atom stereocenters. The van der Waals surface area contributed by atoms with Crippen LogP contribution in [0.4, 0.5) is 16.2 Å². The summed E-state index contributed by atoms with van der Waals surface area (Å²) < 4.78 is 0. The molecule has 4 rings (SSSR count). The van der Waals surface area contributed by atoms with Crippen LogP contribution >= 0.6 is 0 Å². The Bertz CT molecular complexity index is 767. The first-order valence-corrected chi connectivity index (χ1v) is 8.63. The highest BCUT2D eigenvalue weighted by Gasteiger charge is 2.63. The van der Waals surface area contributed by atoms with Crippen LogP contribution in [0.3, 0.4) is 0 Å². The second-order valence-corrected chi connectivity index (χ2v) is 7.25. The van der Waals surface area contributed by atoms with Crippen molar-refractivity contribution in [1.82, 2.24) is 9.80 Å². The molecule has 3 aliphatic rings. The van der Waals surface area contributed by atoms with Gasteiger partial charge in [0, 0.05) is 32.0 Å². The Morgan fingerprint density at radius 3 is 2.44 bits per heavy atom. The van der Waals surface area contributed by atoms with E-state index in [2.05, 4.69) is 4.90 Å². The highest BCUT2D eigenvalue weighted by atomic mass is 16.2. The Morgan fingerprint density at radius 1 is 1.08 bits per heavy atom. The van der Waals surface area contributed by atoms with Gasteiger partial charge in [-0.25, -0.2) is 4.79 Å². The normalized spacial score (nSPS) is 25.3. The molecule has 7 nitrogen and oxygen atoms in total. The number of piperidine rings is 1. The molecule has 2 N–H and O–H groups in total. The van der Waals surface area contributed by atoms with E-state index in [1.807, 2.05) is 18.2 Å². The lowest BCUT2D eigenvalue weighted by molar-refractivity contribution is -0.159. The number of fused-ring (bicyclic) bond motifs is 4. The first-order valence-electron chi connectivity index (χ1n) is 8.63. The molecule has 1 aromatic carbocycles. The summed E-state index contributed by atoms with van der Waals surface area (Å²) in [7, 11) is 2.91. The zero-order chi connectivity index (χ0) is 17.9. The molecular formula is C18H22N4O3. The zero-order valence-corrected chi connectivity index (χ0v) is 14.5. The number of barbiturate groups is 1. The number of nitrogens with two attached hydrogens (primary N) is 1. The number of nitrogen functional groups attached to an aromatic ring is 1. The van der Waals surface area contributed by atoms with Gasteiger partial charge in [-0.3, -0.25) is 19.4 Å². The number of hydrogen-bond acceptors (Lipinski definition) is 5. The van der Waals surface area contributed by atoms with Crippen LogP contribution in [0.2, 0.25) is 0 Å². The number of imide groups is 2. The number of urea groups is 1. The Labute approximate surface area is 146 Å². The van der Waals surface area contributed by atoms with Crippen LogP contribution in [-0.2, 0) is 16.0 Å². The number of carbonyl (C=O) groups excluding carboxylic acids is 3. The van der Waals surface area contributed by atoms with Crippen LogP contribution in [0.15, 0.2) is 18.2 Å². The smallest absolute Gasteiger partial charge is 0.332 e. The van der Waals surface area contributed by atoms with E-state index < -0.39 is 23.3 Å². The standard InChI is InChI=1S/C18H22N4O3/c1-20-15(23)18(16(24)21(2)17(20)25)10-11-9-12(19)6-7-13(11)22-8-4-3-5-14(18)22/h6-7,9,14H,3-5,8,10,19H2,1-2H3/t14-/m0/s1. The van der Waals surface area contributed by atoms with Gasteiger partial charge in [-0.1, -0.05) is 0 Å². The minimum Gasteiger partial charge on any atom is -0.399 e. The van der Waals surface area contributed by atoms with Gasteiger partial charge in [-0.15, -0.1) is 0 Å². The van der Waals surface area contributed by atoms with E-state index in [0.29, 0.717) is 5.69 Å². The van der Waals surface area contributed by atoms with E-state index in [0.717, 1.165) is 46.9 Å². The van der Waals surface area contributed by atoms with Crippen LogP contribution in [0.25, 0.3) is 0 Å². The SMILES string of the molecule is CN1C(=O)N(C)C(=O)C2(Cc3cc(N)ccc3N3CCCC[C@H]32)C1=O. The van der Waals surface area contributed by atoms with Gasteiger partial charge in [-0.2, -0.15) is 0 Å². The number of carbonyl (C=O) groups is 3. The van der Waals surface area contributed by atoms with Gasteiger partial charge < -0.3 is 10.6 Å². The molecule has 3 heterocycles. The molecule has 2 saturated heterocycles. The minimum atomic E-state index is -1.25. The molecule has 0 saturated carbocycles. The van der Waals surface area contributed by atoms with Crippen molar-refractivity contribution in [3.8, 4) is 0 Å². The number of hydrogen-bond donors (Lipinski definition) is 1. The third kappa shape index (κ3) is 1.95. The molecule has 4 amide bonds. The lowest BCUT2D eigenvalue weighted by Gasteiger charge is -2.54. The fourth-order valence-electron chi connectivity index (χ4n) is 4.70. The molecule has 1 spiro atoms. The zero-order valence-electron chi connectivity index (χ0n) is 14.5. The van der Waals surface area contributed by atoms with Crippen molar-refractivity contribution >= 4 is 29.2 Å².